The van der Waals surface area contributed by atoms with Crippen LogP contribution in [0.3, 0.4) is 0 Å². The van der Waals surface area contributed by atoms with Gasteiger partial charge < -0.3 is 9.31 Å². The lowest BCUT2D eigenvalue weighted by atomic mass is 9.79. The van der Waals surface area contributed by atoms with Gasteiger partial charge in [0, 0.05) is 5.56 Å². The highest BCUT2D eigenvalue weighted by molar-refractivity contribution is 6.68. The molecule has 0 amide bonds. The molecule has 0 aliphatic carbocycles. The van der Waals surface area contributed by atoms with Crippen LogP contribution in [-0.2, 0) is 9.31 Å². The van der Waals surface area contributed by atoms with Gasteiger partial charge in [0.05, 0.1) is 13.2 Å². The summed E-state index contributed by atoms with van der Waals surface area (Å²) in [5, 5.41) is -0.468. The average Bonchev–Trinajstić information content (AvgIpc) is 2.71. The third kappa shape index (κ3) is 1.98. The Balaban J connectivity index is 2.25. The van der Waals surface area contributed by atoms with Crippen LogP contribution in [0, 0.1) is 0 Å². The summed E-state index contributed by atoms with van der Waals surface area (Å²) in [6.45, 7) is 1.17. The molecule has 3 nitrogen and oxygen atoms in total. The standard InChI is InChI=1S/C9H8BClO3/c11-9(12)7-2-1-3-8(6-7)10-13-4-5-14-10/h1-3,6H,4-5H2. The first-order chi connectivity index (χ1) is 6.77. The Morgan fingerprint density at radius 2 is 2.07 bits per heavy atom. The maximum absolute atomic E-state index is 10.9. The third-order valence-corrected chi connectivity index (χ3v) is 2.23. The van der Waals surface area contributed by atoms with Crippen LogP contribution in [0.5, 0.6) is 0 Å². The van der Waals surface area contributed by atoms with Crippen molar-refractivity contribution in [2.24, 2.45) is 0 Å². The van der Waals surface area contributed by atoms with E-state index in [0.29, 0.717) is 18.8 Å². The molecule has 0 unspecified atom stereocenters. The fourth-order valence-electron chi connectivity index (χ4n) is 1.36. The second kappa shape index (κ2) is 4.13. The second-order valence-corrected chi connectivity index (χ2v) is 3.32. The molecule has 0 radical (unpaired) electrons. The predicted octanol–water partition coefficient (Wildman–Crippen LogP) is 0.808. The molecule has 0 bridgehead atoms. The van der Waals surface area contributed by atoms with Gasteiger partial charge in [0.1, 0.15) is 0 Å². The molecule has 1 aliphatic rings. The molecule has 0 N–H and O–H groups in total. The van der Waals surface area contributed by atoms with Gasteiger partial charge in [-0.15, -0.1) is 0 Å². The molecule has 1 fully saturated rings. The fourth-order valence-corrected chi connectivity index (χ4v) is 1.48. The molecule has 1 heterocycles. The highest BCUT2D eigenvalue weighted by atomic mass is 35.5. The zero-order chi connectivity index (χ0) is 9.97. The van der Waals surface area contributed by atoms with E-state index < -0.39 is 5.24 Å². The number of hydrogen-bond acceptors (Lipinski definition) is 3. The van der Waals surface area contributed by atoms with Gasteiger partial charge in [-0.2, -0.15) is 0 Å². The van der Waals surface area contributed by atoms with Crippen molar-refractivity contribution in [3.8, 4) is 0 Å². The Morgan fingerprint density at radius 1 is 1.36 bits per heavy atom. The highest BCUT2D eigenvalue weighted by Crippen LogP contribution is 2.05. The van der Waals surface area contributed by atoms with Gasteiger partial charge in [-0.05, 0) is 17.1 Å². The zero-order valence-corrected chi connectivity index (χ0v) is 8.16. The van der Waals surface area contributed by atoms with Crippen LogP contribution >= 0.6 is 11.6 Å². The Bertz CT molecular complexity index is 350. The summed E-state index contributed by atoms with van der Waals surface area (Å²) in [6.07, 6.45) is 0. The Kier molecular flexibility index (Phi) is 2.86. The summed E-state index contributed by atoms with van der Waals surface area (Å²) < 4.78 is 10.6. The van der Waals surface area contributed by atoms with Crippen molar-refractivity contribution < 1.29 is 14.1 Å². The van der Waals surface area contributed by atoms with Crippen LogP contribution < -0.4 is 5.46 Å². The van der Waals surface area contributed by atoms with Crippen molar-refractivity contribution in [3.63, 3.8) is 0 Å². The molecule has 0 saturated carbocycles. The van der Waals surface area contributed by atoms with Crippen LogP contribution in [0.4, 0.5) is 0 Å². The van der Waals surface area contributed by atoms with Gasteiger partial charge in [0.15, 0.2) is 0 Å². The first-order valence-corrected chi connectivity index (χ1v) is 4.68. The largest absolute Gasteiger partial charge is 0.494 e. The number of halogens is 1. The van der Waals surface area contributed by atoms with Crippen molar-refractivity contribution in [1.82, 2.24) is 0 Å². The molecular formula is C9H8BClO3. The van der Waals surface area contributed by atoms with E-state index in [1.165, 1.54) is 0 Å². The fraction of sp³-hybridized carbons (Fsp3) is 0.222. The Labute approximate surface area is 87.1 Å². The van der Waals surface area contributed by atoms with E-state index in [2.05, 4.69) is 0 Å². The molecule has 1 aromatic carbocycles. The topological polar surface area (TPSA) is 35.5 Å². The van der Waals surface area contributed by atoms with Gasteiger partial charge in [-0.25, -0.2) is 0 Å². The molecule has 72 valence electrons. The van der Waals surface area contributed by atoms with Gasteiger partial charge in [0.25, 0.3) is 5.24 Å². The van der Waals surface area contributed by atoms with Gasteiger partial charge >= 0.3 is 7.12 Å². The molecule has 1 aliphatic heterocycles. The summed E-state index contributed by atoms with van der Waals surface area (Å²) in [4.78, 5) is 10.9. The summed E-state index contributed by atoms with van der Waals surface area (Å²) in [5.41, 5.74) is 1.29. The van der Waals surface area contributed by atoms with Crippen molar-refractivity contribution in [2.75, 3.05) is 13.2 Å². The van der Waals surface area contributed by atoms with E-state index in [0.717, 1.165) is 5.46 Å². The number of rotatable bonds is 2. The van der Waals surface area contributed by atoms with Crippen LogP contribution in [0.1, 0.15) is 10.4 Å². The summed E-state index contributed by atoms with van der Waals surface area (Å²) in [7, 11) is -0.356. The predicted molar refractivity (Wildman–Crippen MR) is 53.9 cm³/mol. The van der Waals surface area contributed by atoms with Gasteiger partial charge in [0.2, 0.25) is 0 Å². The first-order valence-electron chi connectivity index (χ1n) is 4.30. The maximum Gasteiger partial charge on any atom is 0.494 e. The molecular weight excluding hydrogens is 202 g/mol. The lowest BCUT2D eigenvalue weighted by Crippen LogP contribution is -2.31. The second-order valence-electron chi connectivity index (χ2n) is 2.97. The summed E-state index contributed by atoms with van der Waals surface area (Å²) in [5.74, 6) is 0. The van der Waals surface area contributed by atoms with E-state index in [-0.39, 0.29) is 7.12 Å². The highest BCUT2D eigenvalue weighted by Gasteiger charge is 2.26. The molecule has 0 aromatic heterocycles. The summed E-state index contributed by atoms with van der Waals surface area (Å²) in [6, 6.07) is 6.95. The molecule has 1 aromatic rings. The van der Waals surface area contributed by atoms with E-state index in [1.807, 2.05) is 6.07 Å². The minimum Gasteiger partial charge on any atom is -0.405 e. The van der Waals surface area contributed by atoms with E-state index in [4.69, 9.17) is 20.9 Å². The summed E-state index contributed by atoms with van der Waals surface area (Å²) >= 11 is 5.36. The molecule has 1 saturated heterocycles. The zero-order valence-electron chi connectivity index (χ0n) is 7.40. The van der Waals surface area contributed by atoms with Crippen molar-refractivity contribution >= 4 is 29.4 Å². The van der Waals surface area contributed by atoms with Crippen molar-refractivity contribution in [2.45, 2.75) is 0 Å². The van der Waals surface area contributed by atoms with Crippen molar-refractivity contribution in [1.29, 1.82) is 0 Å². The van der Waals surface area contributed by atoms with E-state index in [1.54, 1.807) is 18.2 Å². The van der Waals surface area contributed by atoms with Crippen LogP contribution in [0.2, 0.25) is 0 Å². The lowest BCUT2D eigenvalue weighted by Gasteiger charge is -2.04. The molecule has 14 heavy (non-hydrogen) atoms. The number of carbonyl (C=O) groups is 1. The average molecular weight is 210 g/mol. The third-order valence-electron chi connectivity index (χ3n) is 2.01. The minimum absolute atomic E-state index is 0.356. The smallest absolute Gasteiger partial charge is 0.405 e. The van der Waals surface area contributed by atoms with E-state index in [9.17, 15) is 4.79 Å². The molecule has 0 spiro atoms. The quantitative estimate of drug-likeness (QED) is 0.535. The Hall–Kier alpha value is -0.835. The SMILES string of the molecule is O=C(Cl)c1cccc(B2OCCO2)c1. The van der Waals surface area contributed by atoms with Crippen LogP contribution in [-0.4, -0.2) is 25.6 Å². The number of benzene rings is 1. The van der Waals surface area contributed by atoms with Gasteiger partial charge in [-0.3, -0.25) is 4.79 Å². The lowest BCUT2D eigenvalue weighted by molar-refractivity contribution is 0.108. The van der Waals surface area contributed by atoms with Crippen LogP contribution in [0.25, 0.3) is 0 Å². The molecule has 2 rings (SSSR count). The molecule has 0 atom stereocenters. The molecule has 5 heteroatoms. The maximum atomic E-state index is 10.9. The minimum atomic E-state index is -0.468. The Morgan fingerprint density at radius 3 is 2.71 bits per heavy atom. The van der Waals surface area contributed by atoms with E-state index >= 15 is 0 Å². The number of carbonyl (C=O) groups excluding carboxylic acids is 1. The normalized spacial score (nSPS) is 15.9. The van der Waals surface area contributed by atoms with Gasteiger partial charge in [-0.1, -0.05) is 24.3 Å². The monoisotopic (exact) mass is 210 g/mol. The van der Waals surface area contributed by atoms with Crippen LogP contribution in [0.15, 0.2) is 24.3 Å². The van der Waals surface area contributed by atoms with Crippen molar-refractivity contribution in [3.05, 3.63) is 29.8 Å². The first kappa shape index (κ1) is 9.71. The number of hydrogen-bond donors (Lipinski definition) is 0.